The molecule has 4 N–H and O–H groups in total. The van der Waals surface area contributed by atoms with E-state index in [9.17, 15) is 9.59 Å². The molecule has 5 nitrogen and oxygen atoms in total. The highest BCUT2D eigenvalue weighted by Gasteiger charge is 2.47. The smallest absolute Gasteiger partial charge is 0.228 e. The fraction of sp³-hybridized carbons (Fsp3) is 0.833. The Labute approximate surface area is 102 Å². The van der Waals surface area contributed by atoms with Crippen LogP contribution in [0.2, 0.25) is 0 Å². The van der Waals surface area contributed by atoms with Crippen molar-refractivity contribution >= 4 is 11.8 Å². The van der Waals surface area contributed by atoms with Gasteiger partial charge in [-0.25, -0.2) is 0 Å². The van der Waals surface area contributed by atoms with Crippen molar-refractivity contribution in [3.05, 3.63) is 0 Å². The molecule has 1 spiro atoms. The molecule has 0 atom stereocenters. The van der Waals surface area contributed by atoms with E-state index < -0.39 is 5.91 Å². The highest BCUT2D eigenvalue weighted by molar-refractivity contribution is 5.88. The van der Waals surface area contributed by atoms with Gasteiger partial charge in [0.25, 0.3) is 0 Å². The summed E-state index contributed by atoms with van der Waals surface area (Å²) in [6, 6.07) is 0. The molecule has 2 aliphatic rings. The number of hydrogen-bond donors (Lipinski definition) is 3. The maximum Gasteiger partial charge on any atom is 0.228 e. The molecule has 2 fully saturated rings. The van der Waals surface area contributed by atoms with E-state index in [1.54, 1.807) is 0 Å². The number of amides is 2. The third-order valence-electron chi connectivity index (χ3n) is 3.66. The molecule has 0 aromatic heterocycles. The molecular formula is C12H22N2O3. The van der Waals surface area contributed by atoms with Gasteiger partial charge in [0.2, 0.25) is 11.8 Å². The molecule has 0 aromatic rings. The van der Waals surface area contributed by atoms with Crippen LogP contribution in [0.4, 0.5) is 0 Å². The Hall–Kier alpha value is -1.10. The van der Waals surface area contributed by atoms with Crippen molar-refractivity contribution in [2.24, 2.45) is 17.1 Å². The van der Waals surface area contributed by atoms with Crippen LogP contribution in [0, 0.1) is 11.3 Å². The minimum Gasteiger partial charge on any atom is -0.396 e. The summed E-state index contributed by atoms with van der Waals surface area (Å²) < 4.78 is 0. The second kappa shape index (κ2) is 6.00. The van der Waals surface area contributed by atoms with Crippen LogP contribution in [0.5, 0.6) is 0 Å². The van der Waals surface area contributed by atoms with Crippen molar-refractivity contribution in [3.63, 3.8) is 0 Å². The quantitative estimate of drug-likeness (QED) is 0.602. The number of carbonyl (C=O) groups excluding carboxylic acids is 2. The lowest BCUT2D eigenvalue weighted by molar-refractivity contribution is -0.143. The Morgan fingerprint density at radius 3 is 2.35 bits per heavy atom. The largest absolute Gasteiger partial charge is 0.396 e. The molecule has 17 heavy (non-hydrogen) atoms. The highest BCUT2D eigenvalue weighted by atomic mass is 16.3. The SMILES string of the molecule is CC1CCC2(CC1)CNC2=O.NC(=O)CCO. The molecule has 1 saturated heterocycles. The Bertz CT molecular complexity index is 283. The van der Waals surface area contributed by atoms with E-state index in [1.807, 2.05) is 0 Å². The third-order valence-corrected chi connectivity index (χ3v) is 3.66. The molecule has 0 aromatic carbocycles. The lowest BCUT2D eigenvalue weighted by Gasteiger charge is -2.44. The summed E-state index contributed by atoms with van der Waals surface area (Å²) in [4.78, 5) is 20.9. The van der Waals surface area contributed by atoms with Gasteiger partial charge in [0.1, 0.15) is 0 Å². The number of rotatable bonds is 2. The maximum atomic E-state index is 11.2. The van der Waals surface area contributed by atoms with E-state index in [4.69, 9.17) is 5.11 Å². The summed E-state index contributed by atoms with van der Waals surface area (Å²) in [5.41, 5.74) is 4.69. The second-order valence-electron chi connectivity index (χ2n) is 5.09. The molecule has 1 aliphatic heterocycles. The third kappa shape index (κ3) is 3.70. The van der Waals surface area contributed by atoms with Crippen LogP contribution in [0.3, 0.4) is 0 Å². The average Bonchev–Trinajstić information content (AvgIpc) is 2.29. The Balaban J connectivity index is 0.000000209. The maximum absolute atomic E-state index is 11.2. The standard InChI is InChI=1S/C9H15NO.C3H7NO2/c1-7-2-4-9(5-3-7)6-10-8(9)11;4-3(6)1-2-5/h7H,2-6H2,1H3,(H,10,11);5H,1-2H2,(H2,4,6). The Kier molecular flexibility index (Phi) is 4.93. The van der Waals surface area contributed by atoms with Gasteiger partial charge in [-0.3, -0.25) is 9.59 Å². The summed E-state index contributed by atoms with van der Waals surface area (Å²) in [6.45, 7) is 3.08. The van der Waals surface area contributed by atoms with Gasteiger partial charge in [-0.05, 0) is 31.6 Å². The topological polar surface area (TPSA) is 92.4 Å². The molecule has 1 heterocycles. The fourth-order valence-corrected chi connectivity index (χ4v) is 2.24. The number of β-lactam (4-membered cyclic amide) rings is 1. The minimum absolute atomic E-state index is 0.0694. The summed E-state index contributed by atoms with van der Waals surface area (Å²) in [5.74, 6) is 0.691. The Morgan fingerprint density at radius 2 is 2.12 bits per heavy atom. The zero-order valence-electron chi connectivity index (χ0n) is 10.4. The number of hydrogen-bond acceptors (Lipinski definition) is 3. The van der Waals surface area contributed by atoms with Crippen LogP contribution < -0.4 is 11.1 Å². The lowest BCUT2D eigenvalue weighted by Crippen LogP contribution is -2.60. The number of carbonyl (C=O) groups is 2. The van der Waals surface area contributed by atoms with Gasteiger partial charge in [0.05, 0.1) is 12.0 Å². The molecule has 0 radical (unpaired) electrons. The van der Waals surface area contributed by atoms with Crippen LogP contribution in [-0.4, -0.2) is 30.1 Å². The molecule has 98 valence electrons. The number of primary amides is 1. The first-order chi connectivity index (χ1) is 8.00. The van der Waals surface area contributed by atoms with Crippen LogP contribution >= 0.6 is 0 Å². The van der Waals surface area contributed by atoms with Crippen molar-refractivity contribution in [2.45, 2.75) is 39.0 Å². The summed E-state index contributed by atoms with van der Waals surface area (Å²) >= 11 is 0. The lowest BCUT2D eigenvalue weighted by atomic mass is 9.67. The molecule has 5 heteroatoms. The van der Waals surface area contributed by atoms with Crippen molar-refractivity contribution in [1.29, 1.82) is 0 Å². The minimum atomic E-state index is -0.461. The Morgan fingerprint density at radius 1 is 1.53 bits per heavy atom. The highest BCUT2D eigenvalue weighted by Crippen LogP contribution is 2.42. The van der Waals surface area contributed by atoms with Gasteiger partial charge >= 0.3 is 0 Å². The van der Waals surface area contributed by atoms with Gasteiger partial charge in [-0.15, -0.1) is 0 Å². The molecule has 2 amide bonds. The van der Waals surface area contributed by atoms with Gasteiger partial charge in [-0.2, -0.15) is 0 Å². The van der Waals surface area contributed by atoms with Gasteiger partial charge < -0.3 is 16.2 Å². The van der Waals surface area contributed by atoms with Gasteiger partial charge in [0.15, 0.2) is 0 Å². The van der Waals surface area contributed by atoms with E-state index in [0.717, 1.165) is 25.3 Å². The molecule has 1 aliphatic carbocycles. The summed E-state index contributed by atoms with van der Waals surface area (Å²) in [6.07, 6.45) is 4.81. The van der Waals surface area contributed by atoms with E-state index in [-0.39, 0.29) is 18.4 Å². The zero-order chi connectivity index (χ0) is 12.9. The first-order valence-electron chi connectivity index (χ1n) is 6.17. The van der Waals surface area contributed by atoms with Crippen LogP contribution in [0.25, 0.3) is 0 Å². The van der Waals surface area contributed by atoms with Crippen molar-refractivity contribution < 1.29 is 14.7 Å². The van der Waals surface area contributed by atoms with Gasteiger partial charge in [0, 0.05) is 13.0 Å². The number of aliphatic hydroxyl groups is 1. The molecular weight excluding hydrogens is 220 g/mol. The first-order valence-corrected chi connectivity index (χ1v) is 6.17. The summed E-state index contributed by atoms with van der Waals surface area (Å²) in [7, 11) is 0. The molecule has 0 unspecified atom stereocenters. The molecule has 1 saturated carbocycles. The number of nitrogens with one attached hydrogen (secondary N) is 1. The molecule has 0 bridgehead atoms. The van der Waals surface area contributed by atoms with E-state index in [0.29, 0.717) is 5.91 Å². The van der Waals surface area contributed by atoms with Crippen LogP contribution in [-0.2, 0) is 9.59 Å². The van der Waals surface area contributed by atoms with Crippen molar-refractivity contribution in [3.8, 4) is 0 Å². The monoisotopic (exact) mass is 242 g/mol. The fourth-order valence-electron chi connectivity index (χ4n) is 2.24. The van der Waals surface area contributed by atoms with Crippen molar-refractivity contribution in [1.82, 2.24) is 5.32 Å². The number of aliphatic hydroxyl groups excluding tert-OH is 1. The average molecular weight is 242 g/mol. The van der Waals surface area contributed by atoms with E-state index in [2.05, 4.69) is 18.0 Å². The van der Waals surface area contributed by atoms with Crippen LogP contribution in [0.1, 0.15) is 39.0 Å². The molecule has 2 rings (SSSR count). The van der Waals surface area contributed by atoms with E-state index >= 15 is 0 Å². The van der Waals surface area contributed by atoms with Crippen molar-refractivity contribution in [2.75, 3.05) is 13.2 Å². The van der Waals surface area contributed by atoms with E-state index in [1.165, 1.54) is 12.8 Å². The van der Waals surface area contributed by atoms with Gasteiger partial charge in [-0.1, -0.05) is 6.92 Å². The number of nitrogens with two attached hydrogens (primary N) is 1. The predicted octanol–water partition coefficient (Wildman–Crippen LogP) is 0.167. The normalized spacial score (nSPS) is 30.9. The first kappa shape index (κ1) is 14.0. The predicted molar refractivity (Wildman–Crippen MR) is 64.0 cm³/mol. The summed E-state index contributed by atoms with van der Waals surface area (Å²) in [5, 5.41) is 10.8. The van der Waals surface area contributed by atoms with Crippen LogP contribution in [0.15, 0.2) is 0 Å². The second-order valence-corrected chi connectivity index (χ2v) is 5.09. The zero-order valence-corrected chi connectivity index (χ0v) is 10.4.